The predicted octanol–water partition coefficient (Wildman–Crippen LogP) is 3.35. The number of ether oxygens (including phenoxy) is 3. The van der Waals surface area contributed by atoms with Crippen molar-refractivity contribution in [3.63, 3.8) is 0 Å². The summed E-state index contributed by atoms with van der Waals surface area (Å²) < 4.78 is 15.9. The number of hydrogen-bond donors (Lipinski definition) is 0. The number of benzene rings is 2. The molecule has 0 aromatic heterocycles. The van der Waals surface area contributed by atoms with Crippen LogP contribution in [0.2, 0.25) is 0 Å². The zero-order valence-electron chi connectivity index (χ0n) is 11.0. The highest BCUT2D eigenvalue weighted by Crippen LogP contribution is 2.29. The fourth-order valence-corrected chi connectivity index (χ4v) is 1.76. The van der Waals surface area contributed by atoms with Crippen LogP contribution < -0.4 is 4.74 Å². The summed E-state index contributed by atoms with van der Waals surface area (Å²) in [6, 6.07) is 18.1. The van der Waals surface area contributed by atoms with Crippen molar-refractivity contribution in [1.82, 2.24) is 0 Å². The van der Waals surface area contributed by atoms with Gasteiger partial charge in [-0.2, -0.15) is 0 Å². The zero-order chi connectivity index (χ0) is 13.3. The standard InChI is InChI=1S/C16H18O3/c1-17-11-12-18-13-19-16-10-6-5-9-15(16)14-7-3-2-4-8-14/h2-10H,11-13H2,1H3. The van der Waals surface area contributed by atoms with Gasteiger partial charge in [0, 0.05) is 12.7 Å². The molecule has 0 saturated heterocycles. The van der Waals surface area contributed by atoms with Gasteiger partial charge in [0.1, 0.15) is 5.75 Å². The van der Waals surface area contributed by atoms with Gasteiger partial charge in [-0.3, -0.25) is 0 Å². The first-order valence-electron chi connectivity index (χ1n) is 6.26. The molecule has 0 fully saturated rings. The molecule has 0 unspecified atom stereocenters. The van der Waals surface area contributed by atoms with Crippen molar-refractivity contribution < 1.29 is 14.2 Å². The van der Waals surface area contributed by atoms with Crippen LogP contribution in [-0.2, 0) is 9.47 Å². The number of hydrogen-bond acceptors (Lipinski definition) is 3. The maximum absolute atomic E-state index is 5.66. The average molecular weight is 258 g/mol. The second kappa shape index (κ2) is 7.56. The molecule has 3 heteroatoms. The number of methoxy groups -OCH3 is 1. The normalized spacial score (nSPS) is 10.4. The summed E-state index contributed by atoms with van der Waals surface area (Å²) in [5, 5.41) is 0. The molecule has 0 bridgehead atoms. The molecule has 100 valence electrons. The van der Waals surface area contributed by atoms with Gasteiger partial charge in [-0.1, -0.05) is 48.5 Å². The summed E-state index contributed by atoms with van der Waals surface area (Å²) >= 11 is 0. The minimum absolute atomic E-state index is 0.229. The van der Waals surface area contributed by atoms with Crippen molar-refractivity contribution in [3.05, 3.63) is 54.6 Å². The molecular formula is C16H18O3. The molecule has 0 heterocycles. The van der Waals surface area contributed by atoms with Crippen molar-refractivity contribution in [2.24, 2.45) is 0 Å². The lowest BCUT2D eigenvalue weighted by Crippen LogP contribution is -2.08. The van der Waals surface area contributed by atoms with E-state index in [1.54, 1.807) is 7.11 Å². The van der Waals surface area contributed by atoms with E-state index in [-0.39, 0.29) is 6.79 Å². The van der Waals surface area contributed by atoms with Gasteiger partial charge in [0.2, 0.25) is 0 Å². The molecular weight excluding hydrogens is 240 g/mol. The molecule has 0 radical (unpaired) electrons. The lowest BCUT2D eigenvalue weighted by atomic mass is 10.1. The quantitative estimate of drug-likeness (QED) is 0.563. The van der Waals surface area contributed by atoms with Crippen LogP contribution in [0.3, 0.4) is 0 Å². The Morgan fingerprint density at radius 3 is 2.37 bits per heavy atom. The van der Waals surface area contributed by atoms with E-state index < -0.39 is 0 Å². The van der Waals surface area contributed by atoms with E-state index in [1.807, 2.05) is 42.5 Å². The van der Waals surface area contributed by atoms with Crippen molar-refractivity contribution in [3.8, 4) is 16.9 Å². The lowest BCUT2D eigenvalue weighted by molar-refractivity contribution is -0.00821. The highest BCUT2D eigenvalue weighted by molar-refractivity contribution is 5.70. The maximum Gasteiger partial charge on any atom is 0.189 e. The van der Waals surface area contributed by atoms with Gasteiger partial charge < -0.3 is 14.2 Å². The first-order valence-corrected chi connectivity index (χ1v) is 6.26. The Hall–Kier alpha value is -1.84. The van der Waals surface area contributed by atoms with Crippen LogP contribution in [0.4, 0.5) is 0 Å². The average Bonchev–Trinajstić information content (AvgIpc) is 2.48. The van der Waals surface area contributed by atoms with Crippen LogP contribution in [0.5, 0.6) is 5.75 Å². The number of para-hydroxylation sites is 1. The van der Waals surface area contributed by atoms with Crippen LogP contribution in [0.1, 0.15) is 0 Å². The Bertz CT molecular complexity index is 482. The highest BCUT2D eigenvalue weighted by Gasteiger charge is 2.04. The Morgan fingerprint density at radius 2 is 1.58 bits per heavy atom. The van der Waals surface area contributed by atoms with E-state index in [0.29, 0.717) is 13.2 Å². The largest absolute Gasteiger partial charge is 0.467 e. The van der Waals surface area contributed by atoms with Crippen LogP contribution >= 0.6 is 0 Å². The Kier molecular flexibility index (Phi) is 5.41. The summed E-state index contributed by atoms with van der Waals surface area (Å²) in [5.41, 5.74) is 2.20. The zero-order valence-corrected chi connectivity index (χ0v) is 11.0. The molecule has 2 aromatic carbocycles. The monoisotopic (exact) mass is 258 g/mol. The third-order valence-electron chi connectivity index (χ3n) is 2.70. The van der Waals surface area contributed by atoms with Gasteiger partial charge in [0.15, 0.2) is 6.79 Å². The topological polar surface area (TPSA) is 27.7 Å². The second-order valence-electron chi connectivity index (χ2n) is 4.03. The Balaban J connectivity index is 2.01. The first-order chi connectivity index (χ1) is 9.42. The van der Waals surface area contributed by atoms with E-state index in [4.69, 9.17) is 14.2 Å². The van der Waals surface area contributed by atoms with E-state index in [2.05, 4.69) is 12.1 Å². The molecule has 0 N–H and O–H groups in total. The van der Waals surface area contributed by atoms with Gasteiger partial charge in [0.05, 0.1) is 13.2 Å². The third-order valence-corrected chi connectivity index (χ3v) is 2.70. The van der Waals surface area contributed by atoms with Crippen LogP contribution in [0, 0.1) is 0 Å². The SMILES string of the molecule is COCCOCOc1ccccc1-c1ccccc1. The molecule has 0 saturated carbocycles. The van der Waals surface area contributed by atoms with Gasteiger partial charge >= 0.3 is 0 Å². The van der Waals surface area contributed by atoms with E-state index in [9.17, 15) is 0 Å². The van der Waals surface area contributed by atoms with Crippen LogP contribution in [0.25, 0.3) is 11.1 Å². The molecule has 0 amide bonds. The van der Waals surface area contributed by atoms with Crippen molar-refractivity contribution in [2.45, 2.75) is 0 Å². The molecule has 0 aliphatic rings. The fraction of sp³-hybridized carbons (Fsp3) is 0.250. The third kappa shape index (κ3) is 4.09. The summed E-state index contributed by atoms with van der Waals surface area (Å²) in [4.78, 5) is 0. The summed E-state index contributed by atoms with van der Waals surface area (Å²) in [7, 11) is 1.65. The highest BCUT2D eigenvalue weighted by atomic mass is 16.7. The van der Waals surface area contributed by atoms with Gasteiger partial charge in [-0.05, 0) is 11.6 Å². The second-order valence-corrected chi connectivity index (χ2v) is 4.03. The molecule has 19 heavy (non-hydrogen) atoms. The van der Waals surface area contributed by atoms with E-state index in [0.717, 1.165) is 16.9 Å². The van der Waals surface area contributed by atoms with Gasteiger partial charge in [-0.15, -0.1) is 0 Å². The molecule has 0 atom stereocenters. The molecule has 0 aliphatic carbocycles. The Morgan fingerprint density at radius 1 is 0.842 bits per heavy atom. The van der Waals surface area contributed by atoms with E-state index in [1.165, 1.54) is 0 Å². The van der Waals surface area contributed by atoms with Gasteiger partial charge in [0.25, 0.3) is 0 Å². The summed E-state index contributed by atoms with van der Waals surface area (Å²) in [5.74, 6) is 0.825. The predicted molar refractivity (Wildman–Crippen MR) is 75.2 cm³/mol. The Labute approximate surface area is 113 Å². The molecule has 0 aliphatic heterocycles. The van der Waals surface area contributed by atoms with Crippen molar-refractivity contribution in [2.75, 3.05) is 27.1 Å². The molecule has 3 nitrogen and oxygen atoms in total. The lowest BCUT2D eigenvalue weighted by Gasteiger charge is -2.11. The first kappa shape index (κ1) is 13.6. The van der Waals surface area contributed by atoms with Crippen LogP contribution in [-0.4, -0.2) is 27.1 Å². The minimum atomic E-state index is 0.229. The minimum Gasteiger partial charge on any atom is -0.467 e. The fourth-order valence-electron chi connectivity index (χ4n) is 1.76. The van der Waals surface area contributed by atoms with Crippen molar-refractivity contribution >= 4 is 0 Å². The maximum atomic E-state index is 5.66. The smallest absolute Gasteiger partial charge is 0.189 e. The van der Waals surface area contributed by atoms with E-state index >= 15 is 0 Å². The van der Waals surface area contributed by atoms with Crippen LogP contribution in [0.15, 0.2) is 54.6 Å². The number of rotatable bonds is 7. The van der Waals surface area contributed by atoms with Crippen molar-refractivity contribution in [1.29, 1.82) is 0 Å². The molecule has 2 rings (SSSR count). The molecule has 0 spiro atoms. The summed E-state index contributed by atoms with van der Waals surface area (Å²) in [6.07, 6.45) is 0. The summed E-state index contributed by atoms with van der Waals surface area (Å²) in [6.45, 7) is 1.33. The van der Waals surface area contributed by atoms with Gasteiger partial charge in [-0.25, -0.2) is 0 Å². The molecule has 2 aromatic rings.